The van der Waals surface area contributed by atoms with Gasteiger partial charge in [-0.2, -0.15) is 0 Å². The first-order valence-electron chi connectivity index (χ1n) is 8.19. The van der Waals surface area contributed by atoms with Crippen LogP contribution < -0.4 is 5.32 Å². The van der Waals surface area contributed by atoms with E-state index in [9.17, 15) is 0 Å². The van der Waals surface area contributed by atoms with Gasteiger partial charge in [0, 0.05) is 12.6 Å². The third-order valence-corrected chi connectivity index (χ3v) is 6.59. The lowest BCUT2D eigenvalue weighted by Gasteiger charge is -2.56. The predicted octanol–water partition coefficient (Wildman–Crippen LogP) is 3.90. The number of fused-ring (bicyclic) bond motifs is 1. The fourth-order valence-electron chi connectivity index (χ4n) is 6.18. The van der Waals surface area contributed by atoms with Gasteiger partial charge in [-0.05, 0) is 72.8 Å². The highest BCUT2D eigenvalue weighted by Gasteiger charge is 2.51. The van der Waals surface area contributed by atoms with Crippen LogP contribution >= 0.6 is 0 Å². The van der Waals surface area contributed by atoms with E-state index < -0.39 is 0 Å². The fraction of sp³-hybridized carbons (Fsp3) is 0.667. The van der Waals surface area contributed by atoms with Crippen LogP contribution in [-0.4, -0.2) is 0 Å². The number of rotatable bonds is 1. The van der Waals surface area contributed by atoms with E-state index in [0.717, 1.165) is 36.1 Å². The Morgan fingerprint density at radius 3 is 2.26 bits per heavy atom. The van der Waals surface area contributed by atoms with Crippen molar-refractivity contribution in [3.63, 3.8) is 0 Å². The van der Waals surface area contributed by atoms with Crippen LogP contribution in [0.1, 0.15) is 49.3 Å². The van der Waals surface area contributed by atoms with Crippen molar-refractivity contribution in [3.8, 4) is 0 Å². The van der Waals surface area contributed by atoms with Gasteiger partial charge in [0.1, 0.15) is 0 Å². The first kappa shape index (κ1) is 10.9. The van der Waals surface area contributed by atoms with Crippen molar-refractivity contribution in [1.29, 1.82) is 0 Å². The van der Waals surface area contributed by atoms with Crippen LogP contribution in [0.5, 0.6) is 0 Å². The van der Waals surface area contributed by atoms with E-state index in [1.807, 2.05) is 0 Å². The van der Waals surface area contributed by atoms with Gasteiger partial charge in [-0.25, -0.2) is 0 Å². The summed E-state index contributed by atoms with van der Waals surface area (Å²) in [5.41, 5.74) is 3.18. The molecule has 5 aliphatic rings. The monoisotopic (exact) mass is 253 g/mol. The highest BCUT2D eigenvalue weighted by Crippen LogP contribution is 2.60. The summed E-state index contributed by atoms with van der Waals surface area (Å²) in [7, 11) is 0. The molecule has 0 radical (unpaired) electrons. The first-order valence-corrected chi connectivity index (χ1v) is 8.19. The van der Waals surface area contributed by atoms with Gasteiger partial charge in [0.2, 0.25) is 0 Å². The summed E-state index contributed by atoms with van der Waals surface area (Å²) in [5.74, 6) is 5.18. The van der Waals surface area contributed by atoms with Gasteiger partial charge in [0.25, 0.3) is 0 Å². The minimum atomic E-state index is 0.672. The van der Waals surface area contributed by atoms with Crippen molar-refractivity contribution >= 4 is 0 Å². The minimum absolute atomic E-state index is 0.672. The maximum Gasteiger partial charge on any atom is 0.0360 e. The summed E-state index contributed by atoms with van der Waals surface area (Å²) in [4.78, 5) is 0. The van der Waals surface area contributed by atoms with Crippen LogP contribution in [0, 0.1) is 29.6 Å². The van der Waals surface area contributed by atoms with E-state index in [2.05, 4.69) is 29.6 Å². The molecule has 1 heteroatoms. The molecule has 19 heavy (non-hydrogen) atoms. The summed E-state index contributed by atoms with van der Waals surface area (Å²) in [5, 5.41) is 3.85. The quantitative estimate of drug-likeness (QED) is 0.800. The zero-order chi connectivity index (χ0) is 12.4. The third-order valence-electron chi connectivity index (χ3n) is 6.59. The molecule has 4 fully saturated rings. The molecule has 4 saturated carbocycles. The molecular formula is C18H23N. The normalized spacial score (nSPS) is 46.5. The zero-order valence-corrected chi connectivity index (χ0v) is 11.5. The van der Waals surface area contributed by atoms with Crippen LogP contribution in [0.2, 0.25) is 0 Å². The van der Waals surface area contributed by atoms with Crippen molar-refractivity contribution in [2.45, 2.75) is 44.7 Å². The Kier molecular flexibility index (Phi) is 2.21. The van der Waals surface area contributed by atoms with Crippen LogP contribution in [0.15, 0.2) is 24.3 Å². The van der Waals surface area contributed by atoms with E-state index in [0.29, 0.717) is 6.04 Å². The smallest absolute Gasteiger partial charge is 0.0360 e. The molecule has 1 unspecified atom stereocenters. The lowest BCUT2D eigenvalue weighted by atomic mass is 9.50. The Balaban J connectivity index is 1.51. The van der Waals surface area contributed by atoms with E-state index in [-0.39, 0.29) is 0 Å². The summed E-state index contributed by atoms with van der Waals surface area (Å²) < 4.78 is 0. The van der Waals surface area contributed by atoms with Crippen molar-refractivity contribution in [2.75, 3.05) is 0 Å². The van der Waals surface area contributed by atoms with Crippen LogP contribution in [-0.2, 0) is 6.54 Å². The average Bonchev–Trinajstić information content (AvgIpc) is 2.82. The summed E-state index contributed by atoms with van der Waals surface area (Å²) in [6.45, 7) is 1.10. The molecule has 0 spiro atoms. The largest absolute Gasteiger partial charge is 0.306 e. The Morgan fingerprint density at radius 2 is 1.53 bits per heavy atom. The molecule has 0 saturated heterocycles. The highest BCUT2D eigenvalue weighted by atomic mass is 15.0. The number of nitrogens with one attached hydrogen (secondary N) is 1. The second kappa shape index (κ2) is 3.85. The van der Waals surface area contributed by atoms with Gasteiger partial charge in [-0.1, -0.05) is 24.3 Å². The molecule has 0 amide bonds. The molecule has 4 bridgehead atoms. The molecule has 1 aliphatic heterocycles. The van der Waals surface area contributed by atoms with Crippen molar-refractivity contribution in [3.05, 3.63) is 35.4 Å². The third kappa shape index (κ3) is 1.51. The highest BCUT2D eigenvalue weighted by molar-refractivity contribution is 5.35. The van der Waals surface area contributed by atoms with Gasteiger partial charge in [-0.15, -0.1) is 0 Å². The Morgan fingerprint density at radius 1 is 0.842 bits per heavy atom. The van der Waals surface area contributed by atoms with E-state index >= 15 is 0 Å². The maximum absolute atomic E-state index is 3.85. The Hall–Kier alpha value is -0.820. The SMILES string of the molecule is c1ccc2c(c1)CNC2C1C2CC3CC(C2)CC1C3. The lowest BCUT2D eigenvalue weighted by Crippen LogP contribution is -2.48. The Bertz CT molecular complexity index is 478. The number of hydrogen-bond acceptors (Lipinski definition) is 1. The van der Waals surface area contributed by atoms with Crippen LogP contribution in [0.25, 0.3) is 0 Å². The lowest BCUT2D eigenvalue weighted by molar-refractivity contribution is -0.0511. The van der Waals surface area contributed by atoms with Gasteiger partial charge in [-0.3, -0.25) is 0 Å². The van der Waals surface area contributed by atoms with Gasteiger partial charge in [0.05, 0.1) is 0 Å². The molecule has 1 aromatic rings. The number of hydrogen-bond donors (Lipinski definition) is 1. The second-order valence-electron chi connectivity index (χ2n) is 7.57. The molecule has 1 nitrogen and oxygen atoms in total. The average molecular weight is 253 g/mol. The van der Waals surface area contributed by atoms with Gasteiger partial charge in [0.15, 0.2) is 0 Å². The van der Waals surface area contributed by atoms with Crippen molar-refractivity contribution in [1.82, 2.24) is 5.32 Å². The fourth-order valence-corrected chi connectivity index (χ4v) is 6.18. The molecule has 0 aromatic heterocycles. The van der Waals surface area contributed by atoms with Crippen molar-refractivity contribution in [2.24, 2.45) is 29.6 Å². The molecule has 100 valence electrons. The summed E-state index contributed by atoms with van der Waals surface area (Å²) in [6, 6.07) is 9.80. The van der Waals surface area contributed by atoms with Crippen LogP contribution in [0.4, 0.5) is 0 Å². The maximum atomic E-state index is 3.85. The van der Waals surface area contributed by atoms with Gasteiger partial charge >= 0.3 is 0 Å². The molecule has 4 aliphatic carbocycles. The molecular weight excluding hydrogens is 230 g/mol. The van der Waals surface area contributed by atoms with Crippen molar-refractivity contribution < 1.29 is 0 Å². The molecule has 1 N–H and O–H groups in total. The molecule has 1 aromatic carbocycles. The van der Waals surface area contributed by atoms with E-state index in [1.165, 1.54) is 25.7 Å². The molecule has 1 heterocycles. The first-order chi connectivity index (χ1) is 9.38. The molecule has 1 atom stereocenters. The minimum Gasteiger partial charge on any atom is -0.306 e. The predicted molar refractivity (Wildman–Crippen MR) is 76.6 cm³/mol. The standard InChI is InChI=1S/C18H23N/c1-2-4-16-13(3-1)10-19-18(16)17-14-6-11-5-12(8-14)9-15(17)7-11/h1-4,11-12,14-15,17-19H,5-10H2. The van der Waals surface area contributed by atoms with E-state index in [4.69, 9.17) is 0 Å². The zero-order valence-electron chi connectivity index (χ0n) is 11.5. The summed E-state index contributed by atoms with van der Waals surface area (Å²) in [6.07, 6.45) is 7.72. The van der Waals surface area contributed by atoms with Crippen LogP contribution in [0.3, 0.4) is 0 Å². The Labute approximate surface area is 115 Å². The topological polar surface area (TPSA) is 12.0 Å². The van der Waals surface area contributed by atoms with E-state index in [1.54, 1.807) is 17.5 Å². The summed E-state index contributed by atoms with van der Waals surface area (Å²) >= 11 is 0. The number of benzene rings is 1. The second-order valence-corrected chi connectivity index (χ2v) is 7.57. The molecule has 6 rings (SSSR count). The van der Waals surface area contributed by atoms with Gasteiger partial charge < -0.3 is 5.32 Å².